The molecule has 1 aliphatic heterocycles. The number of alkyl halides is 1. The topological polar surface area (TPSA) is 40.5 Å². The molecule has 2 rings (SSSR count). The number of carbonyl (C=O) groups is 1. The van der Waals surface area contributed by atoms with Crippen molar-refractivity contribution in [3.63, 3.8) is 0 Å². The van der Waals surface area contributed by atoms with Crippen molar-refractivity contribution in [2.24, 2.45) is 0 Å². The van der Waals surface area contributed by atoms with Gasteiger partial charge in [0.05, 0.1) is 0 Å². The smallest absolute Gasteiger partial charge is 0.260 e. The van der Waals surface area contributed by atoms with E-state index >= 15 is 0 Å². The van der Waals surface area contributed by atoms with Gasteiger partial charge in [-0.15, -0.1) is 11.6 Å². The minimum atomic E-state index is -0.692. The van der Waals surface area contributed by atoms with E-state index in [0.717, 1.165) is 25.7 Å². The molecule has 104 valence electrons. The number of carbonyl (C=O) groups excluding carboxylic acids is 1. The van der Waals surface area contributed by atoms with Gasteiger partial charge >= 0.3 is 0 Å². The minimum Gasteiger partial charge on any atom is -0.507 e. The van der Waals surface area contributed by atoms with Crippen LogP contribution in [-0.4, -0.2) is 34.4 Å². The van der Waals surface area contributed by atoms with Crippen LogP contribution in [0.4, 0.5) is 4.39 Å². The fourth-order valence-electron chi connectivity index (χ4n) is 2.47. The van der Waals surface area contributed by atoms with Crippen LogP contribution in [0.5, 0.6) is 5.75 Å². The zero-order valence-electron chi connectivity index (χ0n) is 10.6. The Morgan fingerprint density at radius 3 is 2.89 bits per heavy atom. The number of hydrogen-bond acceptors (Lipinski definition) is 2. The quantitative estimate of drug-likeness (QED) is 0.848. The summed E-state index contributed by atoms with van der Waals surface area (Å²) in [6, 6.07) is 3.79. The Morgan fingerprint density at radius 1 is 1.42 bits per heavy atom. The number of rotatable bonds is 2. The minimum absolute atomic E-state index is 0.0873. The highest BCUT2D eigenvalue weighted by molar-refractivity contribution is 6.18. The summed E-state index contributed by atoms with van der Waals surface area (Å²) in [6.07, 6.45) is 3.77. The molecule has 1 unspecified atom stereocenters. The lowest BCUT2D eigenvalue weighted by atomic mass is 10.1. The van der Waals surface area contributed by atoms with Crippen LogP contribution in [-0.2, 0) is 0 Å². The van der Waals surface area contributed by atoms with Crippen LogP contribution in [0, 0.1) is 5.82 Å². The molecule has 1 aromatic carbocycles. The van der Waals surface area contributed by atoms with Gasteiger partial charge < -0.3 is 10.0 Å². The van der Waals surface area contributed by atoms with Crippen LogP contribution in [0.25, 0.3) is 0 Å². The van der Waals surface area contributed by atoms with Gasteiger partial charge in [-0.2, -0.15) is 0 Å². The highest BCUT2D eigenvalue weighted by Gasteiger charge is 2.29. The van der Waals surface area contributed by atoms with E-state index in [4.69, 9.17) is 11.6 Å². The van der Waals surface area contributed by atoms with E-state index in [1.165, 1.54) is 18.2 Å². The van der Waals surface area contributed by atoms with Crippen molar-refractivity contribution < 1.29 is 14.3 Å². The number of aromatic hydroxyl groups is 1. The second kappa shape index (κ2) is 6.24. The van der Waals surface area contributed by atoms with Crippen LogP contribution in [0.15, 0.2) is 18.2 Å². The Hall–Kier alpha value is -1.29. The molecule has 1 saturated heterocycles. The molecule has 0 radical (unpaired) electrons. The number of nitrogens with zero attached hydrogens (tertiary/aromatic N) is 1. The van der Waals surface area contributed by atoms with E-state index in [2.05, 4.69) is 0 Å². The molecule has 19 heavy (non-hydrogen) atoms. The van der Waals surface area contributed by atoms with Crippen molar-refractivity contribution in [2.75, 3.05) is 12.4 Å². The van der Waals surface area contributed by atoms with Crippen LogP contribution in [0.1, 0.15) is 36.0 Å². The first-order valence-electron chi connectivity index (χ1n) is 6.49. The van der Waals surface area contributed by atoms with Gasteiger partial charge in [-0.25, -0.2) is 4.39 Å². The molecular formula is C14H17ClFNO2. The fourth-order valence-corrected chi connectivity index (χ4v) is 2.79. The van der Waals surface area contributed by atoms with Crippen LogP contribution < -0.4 is 0 Å². The second-order valence-corrected chi connectivity index (χ2v) is 5.10. The summed E-state index contributed by atoms with van der Waals surface area (Å²) in [5, 5.41) is 9.70. The van der Waals surface area contributed by atoms with Crippen molar-refractivity contribution in [1.29, 1.82) is 0 Å². The molecule has 0 bridgehead atoms. The van der Waals surface area contributed by atoms with E-state index in [9.17, 15) is 14.3 Å². The zero-order valence-corrected chi connectivity index (χ0v) is 11.4. The molecule has 3 nitrogen and oxygen atoms in total. The third kappa shape index (κ3) is 3.00. The summed E-state index contributed by atoms with van der Waals surface area (Å²) < 4.78 is 13.7. The van der Waals surface area contributed by atoms with E-state index < -0.39 is 11.7 Å². The first-order chi connectivity index (χ1) is 9.15. The zero-order chi connectivity index (χ0) is 13.8. The standard InChI is InChI=1S/C14H17ClFNO2/c15-9-10-5-2-1-3-8-17(10)14(19)13-11(16)6-4-7-12(13)18/h4,6-7,10,18H,1-3,5,8-9H2. The Morgan fingerprint density at radius 2 is 2.21 bits per heavy atom. The SMILES string of the molecule is O=C(c1c(O)cccc1F)N1CCCCCC1CCl. The van der Waals surface area contributed by atoms with E-state index in [0.29, 0.717) is 12.4 Å². The van der Waals surface area contributed by atoms with Crippen molar-refractivity contribution in [3.05, 3.63) is 29.6 Å². The van der Waals surface area contributed by atoms with Gasteiger partial charge in [0, 0.05) is 18.5 Å². The number of halogens is 2. The van der Waals surface area contributed by atoms with Crippen LogP contribution in [0.2, 0.25) is 0 Å². The molecule has 0 spiro atoms. The predicted octanol–water partition coefficient (Wildman–Crippen LogP) is 3.15. The third-order valence-corrected chi connectivity index (χ3v) is 3.88. The largest absolute Gasteiger partial charge is 0.507 e. The predicted molar refractivity (Wildman–Crippen MR) is 72.1 cm³/mol. The van der Waals surface area contributed by atoms with Crippen molar-refractivity contribution in [2.45, 2.75) is 31.7 Å². The summed E-state index contributed by atoms with van der Waals surface area (Å²) in [5.74, 6) is -1.14. The number of benzene rings is 1. The monoisotopic (exact) mass is 285 g/mol. The number of hydrogen-bond donors (Lipinski definition) is 1. The van der Waals surface area contributed by atoms with Gasteiger partial charge in [-0.3, -0.25) is 4.79 Å². The van der Waals surface area contributed by atoms with Gasteiger partial charge in [0.15, 0.2) is 0 Å². The second-order valence-electron chi connectivity index (χ2n) is 4.79. The maximum Gasteiger partial charge on any atom is 0.260 e. The van der Waals surface area contributed by atoms with Gasteiger partial charge in [0.1, 0.15) is 17.1 Å². The molecule has 1 N–H and O–H groups in total. The van der Waals surface area contributed by atoms with Gasteiger partial charge in [-0.1, -0.05) is 18.9 Å². The molecule has 1 aromatic rings. The van der Waals surface area contributed by atoms with Gasteiger partial charge in [-0.05, 0) is 25.0 Å². The molecule has 1 fully saturated rings. The maximum atomic E-state index is 13.7. The first-order valence-corrected chi connectivity index (χ1v) is 7.03. The lowest BCUT2D eigenvalue weighted by molar-refractivity contribution is 0.0692. The molecule has 1 heterocycles. The fraction of sp³-hybridized carbons (Fsp3) is 0.500. The molecule has 5 heteroatoms. The normalized spacial score (nSPS) is 20.1. The lowest BCUT2D eigenvalue weighted by Gasteiger charge is -2.29. The molecule has 1 amide bonds. The van der Waals surface area contributed by atoms with E-state index in [1.54, 1.807) is 4.90 Å². The third-order valence-electron chi connectivity index (χ3n) is 3.52. The molecule has 0 aromatic heterocycles. The van der Waals surface area contributed by atoms with Crippen molar-refractivity contribution >= 4 is 17.5 Å². The molecule has 0 saturated carbocycles. The van der Waals surface area contributed by atoms with Gasteiger partial charge in [0.25, 0.3) is 5.91 Å². The molecule has 1 atom stereocenters. The first kappa shape index (κ1) is 14.1. The summed E-state index contributed by atoms with van der Waals surface area (Å²) in [6.45, 7) is 0.560. The Kier molecular flexibility index (Phi) is 4.64. The highest BCUT2D eigenvalue weighted by Crippen LogP contribution is 2.26. The number of likely N-dealkylation sites (tertiary alicyclic amines) is 1. The number of phenolic OH excluding ortho intramolecular Hbond substituents is 1. The molecule has 1 aliphatic rings. The summed E-state index contributed by atoms with van der Waals surface area (Å²) >= 11 is 5.91. The van der Waals surface area contributed by atoms with Crippen molar-refractivity contribution in [1.82, 2.24) is 4.90 Å². The van der Waals surface area contributed by atoms with E-state index in [-0.39, 0.29) is 17.4 Å². The van der Waals surface area contributed by atoms with Crippen molar-refractivity contribution in [3.8, 4) is 5.75 Å². The molecular weight excluding hydrogens is 269 g/mol. The van der Waals surface area contributed by atoms with Crippen LogP contribution in [0.3, 0.4) is 0 Å². The Balaban J connectivity index is 2.30. The average molecular weight is 286 g/mol. The Labute approximate surface area is 117 Å². The average Bonchev–Trinajstić information content (AvgIpc) is 2.63. The lowest BCUT2D eigenvalue weighted by Crippen LogP contribution is -2.41. The summed E-state index contributed by atoms with van der Waals surface area (Å²) in [7, 11) is 0. The molecule has 0 aliphatic carbocycles. The summed E-state index contributed by atoms with van der Waals surface area (Å²) in [4.78, 5) is 14.0. The Bertz CT molecular complexity index is 447. The number of amides is 1. The number of phenols is 1. The summed E-state index contributed by atoms with van der Waals surface area (Å²) in [5.41, 5.74) is -0.250. The highest BCUT2D eigenvalue weighted by atomic mass is 35.5. The van der Waals surface area contributed by atoms with Crippen LogP contribution >= 0.6 is 11.6 Å². The van der Waals surface area contributed by atoms with Gasteiger partial charge in [0.2, 0.25) is 0 Å². The van der Waals surface area contributed by atoms with E-state index in [1.807, 2.05) is 0 Å². The maximum absolute atomic E-state index is 13.7.